The van der Waals surface area contributed by atoms with Gasteiger partial charge < -0.3 is 20.1 Å². The van der Waals surface area contributed by atoms with E-state index in [4.69, 9.17) is 32.7 Å². The van der Waals surface area contributed by atoms with Crippen LogP contribution >= 0.6 is 23.2 Å². The van der Waals surface area contributed by atoms with Crippen LogP contribution in [-0.2, 0) is 20.2 Å². The van der Waals surface area contributed by atoms with Crippen molar-refractivity contribution in [3.63, 3.8) is 0 Å². The molecule has 14 nitrogen and oxygen atoms in total. The van der Waals surface area contributed by atoms with Gasteiger partial charge in [-0.05, 0) is 70.1 Å². The summed E-state index contributed by atoms with van der Waals surface area (Å²) in [6, 6.07) is 36.4. The van der Waals surface area contributed by atoms with E-state index in [0.717, 1.165) is 33.7 Å². The van der Waals surface area contributed by atoms with E-state index in [2.05, 4.69) is 30.6 Å². The van der Waals surface area contributed by atoms with Crippen LogP contribution in [0.25, 0.3) is 32.7 Å². The second-order valence-corrected chi connectivity index (χ2v) is 16.1. The third-order valence-electron chi connectivity index (χ3n) is 8.55. The molecule has 60 heavy (non-hydrogen) atoms. The van der Waals surface area contributed by atoms with Crippen LogP contribution in [0, 0.1) is 0 Å². The fourth-order valence-corrected chi connectivity index (χ4v) is 7.85. The van der Waals surface area contributed by atoms with Gasteiger partial charge in [0.1, 0.15) is 31.6 Å². The molecule has 8 rings (SSSR count). The van der Waals surface area contributed by atoms with Crippen LogP contribution in [-0.4, -0.2) is 105 Å². The van der Waals surface area contributed by atoms with Gasteiger partial charge in [0.25, 0.3) is 20.2 Å². The molecule has 0 aliphatic carbocycles. The van der Waals surface area contributed by atoms with Crippen LogP contribution in [0.15, 0.2) is 143 Å². The monoisotopic (exact) mass is 898 g/mol. The van der Waals surface area contributed by atoms with Crippen LogP contribution in [0.4, 0.5) is 23.3 Å². The second kappa shape index (κ2) is 18.7. The number of aromatic nitrogens is 4. The number of nitrogens with one attached hydrogen (secondary N) is 2. The summed E-state index contributed by atoms with van der Waals surface area (Å²) in [4.78, 5) is 15.5. The van der Waals surface area contributed by atoms with Crippen molar-refractivity contribution in [2.45, 2.75) is 9.79 Å². The van der Waals surface area contributed by atoms with Crippen LogP contribution in [0.1, 0.15) is 0 Å². The van der Waals surface area contributed by atoms with E-state index in [-0.39, 0.29) is 116 Å². The molecule has 0 atom stereocenters. The van der Waals surface area contributed by atoms with Crippen molar-refractivity contribution in [2.75, 3.05) is 10.6 Å². The molecule has 0 bridgehead atoms. The summed E-state index contributed by atoms with van der Waals surface area (Å²) in [7, 11) is -10.0. The maximum absolute atomic E-state index is 12.8. The van der Waals surface area contributed by atoms with Crippen LogP contribution in [0.5, 0.6) is 23.3 Å². The Labute approximate surface area is 397 Å². The summed E-state index contributed by atoms with van der Waals surface area (Å²) < 4.78 is 83.5. The quantitative estimate of drug-likeness (QED) is 0.0543. The molecule has 0 amide bonds. The fourth-order valence-electron chi connectivity index (χ4n) is 6.04. The summed E-state index contributed by atoms with van der Waals surface area (Å²) in [5.74, 6) is 0.939. The van der Waals surface area contributed by atoms with E-state index >= 15 is 0 Å². The van der Waals surface area contributed by atoms with Crippen molar-refractivity contribution in [1.29, 1.82) is 0 Å². The standard InChI is InChI=1S/C40H26Cl2N6O8S2.2Na/c41-35-21-37(55-29-13-9-23-5-1-3-7-25(23)17-29)47-39(45-35)43-27-11-15-31(33(19-27)57(49,50)51)32-16-12-28(20-34(32)58(52,53)54)44-40-46-36(42)22-38(48-40)56-30-14-10-24-6-2-4-8-26(24)18-30;;/h1-22H,(H,43,45,47)(H,44,46,48)(H,49,50,51)(H,52,53,54);;. The Morgan fingerprint density at radius 3 is 1.23 bits per heavy atom. The number of hydrogen-bond acceptors (Lipinski definition) is 12. The molecule has 2 heterocycles. The van der Waals surface area contributed by atoms with Gasteiger partial charge in [0.2, 0.25) is 23.7 Å². The Bertz CT molecular complexity index is 2940. The first-order valence-corrected chi connectivity index (χ1v) is 20.6. The topological polar surface area (TPSA) is 203 Å². The number of hydrogen-bond donors (Lipinski definition) is 4. The van der Waals surface area contributed by atoms with E-state index in [0.29, 0.717) is 11.5 Å². The predicted octanol–water partition coefficient (Wildman–Crippen LogP) is 9.35. The summed E-state index contributed by atoms with van der Waals surface area (Å²) in [5.41, 5.74) is -0.377. The molecule has 0 aliphatic rings. The zero-order valence-corrected chi connectivity index (χ0v) is 38.6. The van der Waals surface area contributed by atoms with Gasteiger partial charge in [-0.2, -0.15) is 26.8 Å². The molecule has 0 spiro atoms. The van der Waals surface area contributed by atoms with Crippen molar-refractivity contribution >= 4 is 147 Å². The summed E-state index contributed by atoms with van der Waals surface area (Å²) >= 11 is 12.5. The van der Waals surface area contributed by atoms with Crippen molar-refractivity contribution in [2.24, 2.45) is 0 Å². The first-order chi connectivity index (χ1) is 27.7. The summed E-state index contributed by atoms with van der Waals surface area (Å²) in [6.07, 6.45) is 0. The Balaban J connectivity index is 0.00000302. The van der Waals surface area contributed by atoms with Gasteiger partial charge >= 0.3 is 0 Å². The number of halogens is 2. The maximum Gasteiger partial charge on any atom is 0.295 e. The largest absolute Gasteiger partial charge is 0.439 e. The van der Waals surface area contributed by atoms with E-state index in [1.165, 1.54) is 36.4 Å². The minimum absolute atomic E-state index is 0. The van der Waals surface area contributed by atoms with E-state index in [1.54, 1.807) is 12.1 Å². The molecule has 0 saturated carbocycles. The minimum Gasteiger partial charge on any atom is -0.439 e. The molecule has 4 N–H and O–H groups in total. The Kier molecular flexibility index (Phi) is 14.1. The molecule has 0 saturated heterocycles. The van der Waals surface area contributed by atoms with Gasteiger partial charge in [-0.3, -0.25) is 9.11 Å². The molecule has 2 aromatic heterocycles. The zero-order chi connectivity index (χ0) is 40.6. The van der Waals surface area contributed by atoms with E-state index < -0.39 is 30.0 Å². The SMILES string of the molecule is O=S(=O)(O)c1cc(Nc2nc(Cl)cc(Oc3ccc4ccccc4c3)n2)ccc1-c1ccc(Nc2nc(Cl)cc(Oc3ccc4ccccc4c3)n2)cc1S(=O)(=O)O.[Na].[Na]. The predicted molar refractivity (Wildman–Crippen MR) is 232 cm³/mol. The number of anilines is 4. The Morgan fingerprint density at radius 1 is 0.467 bits per heavy atom. The van der Waals surface area contributed by atoms with E-state index in [1.807, 2.05) is 72.8 Å². The first kappa shape index (κ1) is 45.1. The van der Waals surface area contributed by atoms with Crippen LogP contribution in [0.2, 0.25) is 10.3 Å². The van der Waals surface area contributed by atoms with Crippen molar-refractivity contribution in [3.8, 4) is 34.4 Å². The third kappa shape index (κ3) is 10.7. The van der Waals surface area contributed by atoms with Gasteiger partial charge in [-0.15, -0.1) is 0 Å². The average molecular weight is 900 g/mol. The molecular weight excluding hydrogens is 873 g/mol. The van der Waals surface area contributed by atoms with E-state index in [9.17, 15) is 25.9 Å². The first-order valence-electron chi connectivity index (χ1n) is 16.9. The third-order valence-corrected chi connectivity index (χ3v) is 10.7. The Hall–Kier alpha value is -4.40. The summed E-state index contributed by atoms with van der Waals surface area (Å²) in [5, 5.41) is 9.56. The van der Waals surface area contributed by atoms with Gasteiger partial charge in [-0.25, -0.2) is 9.97 Å². The average Bonchev–Trinajstić information content (AvgIpc) is 3.17. The molecule has 6 aromatic carbocycles. The molecule has 8 aromatic rings. The molecule has 20 heteroatoms. The number of rotatable bonds is 11. The molecule has 0 fully saturated rings. The minimum atomic E-state index is -5.01. The molecule has 0 unspecified atom stereocenters. The fraction of sp³-hybridized carbons (Fsp3) is 0. The van der Waals surface area contributed by atoms with Crippen LogP contribution < -0.4 is 20.1 Å². The van der Waals surface area contributed by atoms with Crippen molar-refractivity contribution in [3.05, 3.63) is 144 Å². The van der Waals surface area contributed by atoms with Gasteiger partial charge in [0.05, 0.1) is 0 Å². The molecule has 0 aliphatic heterocycles. The molecular formula is C40H26Cl2N6Na2O8S2. The van der Waals surface area contributed by atoms with Crippen molar-refractivity contribution in [1.82, 2.24) is 19.9 Å². The smallest absolute Gasteiger partial charge is 0.295 e. The Morgan fingerprint density at radius 2 is 0.850 bits per heavy atom. The van der Waals surface area contributed by atoms with Gasteiger partial charge in [-0.1, -0.05) is 96.0 Å². The number of nitrogens with zero attached hydrogens (tertiary/aromatic N) is 4. The molecule has 292 valence electrons. The van der Waals surface area contributed by atoms with Gasteiger partial charge in [0.15, 0.2) is 0 Å². The van der Waals surface area contributed by atoms with Crippen molar-refractivity contribution < 1.29 is 35.4 Å². The number of benzene rings is 6. The zero-order valence-electron chi connectivity index (χ0n) is 31.4. The maximum atomic E-state index is 12.8. The number of fused-ring (bicyclic) bond motifs is 2. The normalized spacial score (nSPS) is 11.3. The number of ether oxygens (including phenoxy) is 2. The summed E-state index contributed by atoms with van der Waals surface area (Å²) in [6.45, 7) is 0. The second-order valence-electron chi connectivity index (χ2n) is 12.5. The van der Waals surface area contributed by atoms with Gasteiger partial charge in [0, 0.05) is 93.7 Å². The molecule has 2 radical (unpaired) electrons. The van der Waals surface area contributed by atoms with Crippen LogP contribution in [0.3, 0.4) is 0 Å².